The Balaban J connectivity index is 1.49. The zero-order valence-corrected chi connectivity index (χ0v) is 18.2. The largest absolute Gasteiger partial charge is 0.393 e. The van der Waals surface area contributed by atoms with Crippen LogP contribution in [0.3, 0.4) is 0 Å². The average molecular weight is 395 g/mol. The molecule has 0 bridgehead atoms. The SMILES string of the molecule is Cc1c(/C=C2/C[C@@H]3[C@H]4CC=C5C[C@@H](O)CC[C@]5(C)[C@@H]4CC[C@@]3(C)C2=O)cnn1C. The molecule has 1 aromatic rings. The minimum Gasteiger partial charge on any atom is -0.393 e. The number of nitrogens with zero attached hydrogens (tertiary/aromatic N) is 2. The molecule has 0 unspecified atom stereocenters. The van der Waals surface area contributed by atoms with E-state index in [1.165, 1.54) is 5.57 Å². The summed E-state index contributed by atoms with van der Waals surface area (Å²) in [4.78, 5) is 13.5. The lowest BCUT2D eigenvalue weighted by Gasteiger charge is -2.56. The van der Waals surface area contributed by atoms with Gasteiger partial charge in [0.1, 0.15) is 0 Å². The molecule has 0 amide bonds. The number of hydrogen-bond acceptors (Lipinski definition) is 3. The van der Waals surface area contributed by atoms with Crippen molar-refractivity contribution in [3.63, 3.8) is 0 Å². The lowest BCUT2D eigenvalue weighted by molar-refractivity contribution is -0.130. The van der Waals surface area contributed by atoms with E-state index in [4.69, 9.17) is 0 Å². The standard InChI is InChI=1S/C25H34N2O2/c1-15-17(14-26-27(15)4)11-16-12-22-20-6-5-18-13-19(28)7-9-24(18,2)21(20)8-10-25(22,3)23(16)29/h5,11,14,19-22,28H,6-10,12-13H2,1-4H3/b16-11-/t19-,20-,21+,22+,24-,25+/m0/s1. The summed E-state index contributed by atoms with van der Waals surface area (Å²) in [7, 11) is 1.95. The van der Waals surface area contributed by atoms with Gasteiger partial charge in [-0.1, -0.05) is 25.5 Å². The van der Waals surface area contributed by atoms with Crippen LogP contribution in [0.2, 0.25) is 0 Å². The van der Waals surface area contributed by atoms with E-state index in [0.717, 1.165) is 61.8 Å². The normalized spacial score (nSPS) is 43.0. The molecule has 0 saturated heterocycles. The van der Waals surface area contributed by atoms with Gasteiger partial charge in [0.05, 0.1) is 12.3 Å². The molecule has 1 N–H and O–H groups in total. The van der Waals surface area contributed by atoms with Crippen molar-refractivity contribution in [2.24, 2.45) is 35.6 Å². The molecule has 0 radical (unpaired) electrons. The summed E-state index contributed by atoms with van der Waals surface area (Å²) in [6.45, 7) is 6.74. The number of aromatic nitrogens is 2. The molecule has 6 atom stereocenters. The zero-order chi connectivity index (χ0) is 20.6. The van der Waals surface area contributed by atoms with Crippen LogP contribution in [0.4, 0.5) is 0 Å². The molecule has 4 aliphatic carbocycles. The van der Waals surface area contributed by atoms with E-state index in [1.54, 1.807) is 0 Å². The Kier molecular flexibility index (Phi) is 4.26. The Bertz CT molecular complexity index is 925. The highest BCUT2D eigenvalue weighted by Gasteiger charge is 2.59. The lowest BCUT2D eigenvalue weighted by atomic mass is 9.48. The summed E-state index contributed by atoms with van der Waals surface area (Å²) in [5.74, 6) is 2.06. The van der Waals surface area contributed by atoms with E-state index >= 15 is 0 Å². The lowest BCUT2D eigenvalue weighted by Crippen LogP contribution is -2.50. The van der Waals surface area contributed by atoms with Crippen LogP contribution < -0.4 is 0 Å². The Morgan fingerprint density at radius 1 is 1.17 bits per heavy atom. The molecule has 3 fully saturated rings. The third kappa shape index (κ3) is 2.67. The second-order valence-corrected chi connectivity index (χ2v) is 10.6. The van der Waals surface area contributed by atoms with Crippen LogP contribution in [0.25, 0.3) is 6.08 Å². The molecule has 4 aliphatic rings. The van der Waals surface area contributed by atoms with Crippen LogP contribution in [-0.2, 0) is 11.8 Å². The predicted molar refractivity (Wildman–Crippen MR) is 114 cm³/mol. The number of carbonyl (C=O) groups is 1. The van der Waals surface area contributed by atoms with Crippen molar-refractivity contribution in [3.8, 4) is 0 Å². The van der Waals surface area contributed by atoms with Gasteiger partial charge in [-0.05, 0) is 86.7 Å². The molecule has 0 aromatic carbocycles. The van der Waals surface area contributed by atoms with E-state index in [-0.39, 0.29) is 16.9 Å². The Morgan fingerprint density at radius 2 is 1.93 bits per heavy atom. The molecule has 29 heavy (non-hydrogen) atoms. The minimum atomic E-state index is -0.209. The number of allylic oxidation sites excluding steroid dienone is 2. The van der Waals surface area contributed by atoms with Gasteiger partial charge in [0.2, 0.25) is 0 Å². The van der Waals surface area contributed by atoms with Crippen LogP contribution in [0.5, 0.6) is 0 Å². The Labute approximate surface area is 174 Å². The molecule has 0 aliphatic heterocycles. The van der Waals surface area contributed by atoms with Gasteiger partial charge in [0, 0.05) is 23.7 Å². The molecule has 5 rings (SSSR count). The summed E-state index contributed by atoms with van der Waals surface area (Å²) in [6.07, 6.45) is 13.3. The van der Waals surface area contributed by atoms with E-state index in [1.807, 2.05) is 17.9 Å². The molecule has 1 heterocycles. The van der Waals surface area contributed by atoms with Gasteiger partial charge in [-0.3, -0.25) is 9.48 Å². The fourth-order valence-corrected chi connectivity index (χ4v) is 7.29. The maximum atomic E-state index is 13.5. The maximum absolute atomic E-state index is 13.5. The highest BCUT2D eigenvalue weighted by atomic mass is 16.3. The summed E-state index contributed by atoms with van der Waals surface area (Å²) in [6, 6.07) is 0. The Morgan fingerprint density at radius 3 is 2.66 bits per heavy atom. The van der Waals surface area contributed by atoms with Crippen molar-refractivity contribution in [2.75, 3.05) is 0 Å². The third-order valence-corrected chi connectivity index (χ3v) is 9.32. The van der Waals surface area contributed by atoms with Crippen molar-refractivity contribution < 1.29 is 9.90 Å². The molecular formula is C25H34N2O2. The first-order valence-electron chi connectivity index (χ1n) is 11.4. The van der Waals surface area contributed by atoms with Crippen molar-refractivity contribution in [2.45, 2.75) is 71.8 Å². The number of fused-ring (bicyclic) bond motifs is 5. The quantitative estimate of drug-likeness (QED) is 0.559. The number of Topliss-reactive ketones (excluding diaryl/α,β-unsaturated/α-hetero) is 1. The second kappa shape index (κ2) is 6.41. The molecular weight excluding hydrogens is 360 g/mol. The van der Waals surface area contributed by atoms with Crippen LogP contribution in [0, 0.1) is 35.5 Å². The average Bonchev–Trinajstić information content (AvgIpc) is 3.14. The van der Waals surface area contributed by atoms with Crippen molar-refractivity contribution in [1.29, 1.82) is 0 Å². The second-order valence-electron chi connectivity index (χ2n) is 10.6. The minimum absolute atomic E-state index is 0.162. The first-order valence-corrected chi connectivity index (χ1v) is 11.4. The summed E-state index contributed by atoms with van der Waals surface area (Å²) < 4.78 is 1.88. The highest BCUT2D eigenvalue weighted by molar-refractivity contribution is 6.06. The van der Waals surface area contributed by atoms with Gasteiger partial charge in [-0.2, -0.15) is 5.10 Å². The maximum Gasteiger partial charge on any atom is 0.165 e. The monoisotopic (exact) mass is 394 g/mol. The van der Waals surface area contributed by atoms with E-state index in [0.29, 0.717) is 23.5 Å². The van der Waals surface area contributed by atoms with E-state index in [9.17, 15) is 9.90 Å². The summed E-state index contributed by atoms with van der Waals surface area (Å²) in [5.41, 5.74) is 4.70. The summed E-state index contributed by atoms with van der Waals surface area (Å²) >= 11 is 0. The van der Waals surface area contributed by atoms with E-state index < -0.39 is 0 Å². The number of ketones is 1. The smallest absolute Gasteiger partial charge is 0.165 e. The first kappa shape index (κ1) is 19.3. The van der Waals surface area contributed by atoms with Crippen LogP contribution in [0.1, 0.15) is 70.1 Å². The van der Waals surface area contributed by atoms with Crippen LogP contribution in [-0.4, -0.2) is 26.8 Å². The van der Waals surface area contributed by atoms with E-state index in [2.05, 4.69) is 38.0 Å². The van der Waals surface area contributed by atoms with Crippen LogP contribution in [0.15, 0.2) is 23.4 Å². The number of aryl methyl sites for hydroxylation is 1. The fraction of sp³-hybridized carbons (Fsp3) is 0.680. The Hall–Kier alpha value is -1.68. The molecule has 4 nitrogen and oxygen atoms in total. The fourth-order valence-electron chi connectivity index (χ4n) is 7.29. The first-order chi connectivity index (χ1) is 13.7. The number of aliphatic hydroxyl groups excluding tert-OH is 1. The van der Waals surface area contributed by atoms with Crippen LogP contribution >= 0.6 is 0 Å². The van der Waals surface area contributed by atoms with Gasteiger partial charge in [0.15, 0.2) is 5.78 Å². The molecule has 0 spiro atoms. The molecule has 1 aromatic heterocycles. The van der Waals surface area contributed by atoms with Crippen molar-refractivity contribution in [3.05, 3.63) is 34.7 Å². The summed E-state index contributed by atoms with van der Waals surface area (Å²) in [5, 5.41) is 14.5. The highest BCUT2D eigenvalue weighted by Crippen LogP contribution is 2.64. The number of aliphatic hydroxyl groups is 1. The number of rotatable bonds is 1. The predicted octanol–water partition coefficient (Wildman–Crippen LogP) is 4.61. The molecule has 3 saturated carbocycles. The van der Waals surface area contributed by atoms with Gasteiger partial charge < -0.3 is 5.11 Å². The van der Waals surface area contributed by atoms with Crippen molar-refractivity contribution in [1.82, 2.24) is 9.78 Å². The molecule has 156 valence electrons. The van der Waals surface area contributed by atoms with Crippen molar-refractivity contribution >= 4 is 11.9 Å². The third-order valence-electron chi connectivity index (χ3n) is 9.32. The molecule has 4 heteroatoms. The van der Waals surface area contributed by atoms with Gasteiger partial charge >= 0.3 is 0 Å². The van der Waals surface area contributed by atoms with Gasteiger partial charge in [-0.15, -0.1) is 0 Å². The van der Waals surface area contributed by atoms with Gasteiger partial charge in [0.25, 0.3) is 0 Å². The van der Waals surface area contributed by atoms with Gasteiger partial charge in [-0.25, -0.2) is 0 Å². The number of carbonyl (C=O) groups excluding carboxylic acids is 1. The zero-order valence-electron chi connectivity index (χ0n) is 18.2. The topological polar surface area (TPSA) is 55.1 Å². The number of hydrogen-bond donors (Lipinski definition) is 1.